The van der Waals surface area contributed by atoms with Gasteiger partial charge in [0.2, 0.25) is 0 Å². The van der Waals surface area contributed by atoms with Crippen LogP contribution in [0.4, 0.5) is 17.1 Å². The van der Waals surface area contributed by atoms with Crippen LogP contribution < -0.4 is 4.90 Å². The molecule has 5 heteroatoms. The number of rotatable bonds is 9. The maximum atomic E-state index is 5.04. The van der Waals surface area contributed by atoms with Crippen molar-refractivity contribution < 1.29 is 0 Å². The predicted octanol–water partition coefficient (Wildman–Crippen LogP) is 14.0. The lowest BCUT2D eigenvalue weighted by Crippen LogP contribution is -2.30. The summed E-state index contributed by atoms with van der Waals surface area (Å²) in [5, 5.41) is 0. The molecular formula is C51H55N5. The first-order valence-electron chi connectivity index (χ1n) is 20.3. The lowest BCUT2D eigenvalue weighted by molar-refractivity contribution is 0.632. The lowest BCUT2D eigenvalue weighted by atomic mass is 9.73. The largest absolute Gasteiger partial charge is 0.310 e. The average Bonchev–Trinajstić information content (AvgIpc) is 3.89. The number of para-hydroxylation sites is 3. The molecule has 0 amide bonds. The molecule has 2 aromatic heterocycles. The van der Waals surface area contributed by atoms with E-state index in [2.05, 4.69) is 199 Å². The van der Waals surface area contributed by atoms with Gasteiger partial charge in [-0.15, -0.1) is 0 Å². The maximum Gasteiger partial charge on any atom is 0.0999 e. The highest BCUT2D eigenvalue weighted by molar-refractivity contribution is 5.89. The van der Waals surface area contributed by atoms with Crippen LogP contribution in [0.15, 0.2) is 128 Å². The Bertz CT molecular complexity index is 2490. The SMILES string of the molecule is CC(C)c1cccc(C(C)C)c1-n1cnc(-c2cccc(N3c4ccccc4C(C)(C)c4ccc(-c5cn(-c6c(C(C)C)cccc6C(C)C)cn5)cc43)c2)c1. The van der Waals surface area contributed by atoms with Crippen molar-refractivity contribution in [1.29, 1.82) is 0 Å². The number of anilines is 3. The summed E-state index contributed by atoms with van der Waals surface area (Å²) in [4.78, 5) is 12.5. The minimum absolute atomic E-state index is 0.197. The van der Waals surface area contributed by atoms with E-state index in [-0.39, 0.29) is 5.41 Å². The summed E-state index contributed by atoms with van der Waals surface area (Å²) in [6, 6.07) is 38.0. The molecule has 0 fully saturated rings. The van der Waals surface area contributed by atoms with Crippen LogP contribution in [0.2, 0.25) is 0 Å². The van der Waals surface area contributed by atoms with Gasteiger partial charge in [0.05, 0.1) is 46.8 Å². The smallest absolute Gasteiger partial charge is 0.0999 e. The summed E-state index contributed by atoms with van der Waals surface area (Å²) in [6.45, 7) is 22.8. The van der Waals surface area contributed by atoms with Crippen LogP contribution in [-0.2, 0) is 5.41 Å². The molecule has 1 aliphatic heterocycles. The van der Waals surface area contributed by atoms with Crippen molar-refractivity contribution in [3.63, 3.8) is 0 Å². The molecule has 0 unspecified atom stereocenters. The molecule has 3 heterocycles. The first kappa shape index (κ1) is 37.3. The number of imidazole rings is 2. The summed E-state index contributed by atoms with van der Waals surface area (Å²) >= 11 is 0. The van der Waals surface area contributed by atoms with E-state index >= 15 is 0 Å². The molecule has 0 aliphatic carbocycles. The minimum atomic E-state index is -0.197. The molecule has 0 saturated carbocycles. The van der Waals surface area contributed by atoms with Crippen LogP contribution in [0.3, 0.4) is 0 Å². The molecule has 0 atom stereocenters. The van der Waals surface area contributed by atoms with E-state index in [1.165, 1.54) is 56.1 Å². The monoisotopic (exact) mass is 737 g/mol. The Morgan fingerprint density at radius 2 is 0.929 bits per heavy atom. The lowest BCUT2D eigenvalue weighted by Gasteiger charge is -2.42. The summed E-state index contributed by atoms with van der Waals surface area (Å²) in [5.41, 5.74) is 17.8. The molecular weight excluding hydrogens is 683 g/mol. The zero-order chi connectivity index (χ0) is 39.5. The number of nitrogens with zero attached hydrogens (tertiary/aromatic N) is 5. The van der Waals surface area contributed by atoms with E-state index in [1.807, 2.05) is 12.7 Å². The zero-order valence-corrected chi connectivity index (χ0v) is 34.7. The van der Waals surface area contributed by atoms with Crippen molar-refractivity contribution in [3.05, 3.63) is 162 Å². The van der Waals surface area contributed by atoms with Gasteiger partial charge in [0.25, 0.3) is 0 Å². The fraction of sp³-hybridized carbons (Fsp3) is 0.294. The van der Waals surface area contributed by atoms with Crippen molar-refractivity contribution in [1.82, 2.24) is 19.1 Å². The van der Waals surface area contributed by atoms with E-state index in [4.69, 9.17) is 9.97 Å². The van der Waals surface area contributed by atoms with E-state index in [1.54, 1.807) is 0 Å². The Labute approximate surface area is 333 Å². The molecule has 0 saturated heterocycles. The van der Waals surface area contributed by atoms with Crippen LogP contribution in [0.25, 0.3) is 33.9 Å². The highest BCUT2D eigenvalue weighted by atomic mass is 15.2. The Morgan fingerprint density at radius 1 is 0.464 bits per heavy atom. The average molecular weight is 738 g/mol. The van der Waals surface area contributed by atoms with E-state index in [0.717, 1.165) is 28.2 Å². The van der Waals surface area contributed by atoms with Crippen LogP contribution in [0.5, 0.6) is 0 Å². The Morgan fingerprint density at radius 3 is 1.45 bits per heavy atom. The molecule has 0 radical (unpaired) electrons. The summed E-state index contributed by atoms with van der Waals surface area (Å²) in [7, 11) is 0. The third-order valence-corrected chi connectivity index (χ3v) is 11.8. The fourth-order valence-electron chi connectivity index (χ4n) is 8.77. The van der Waals surface area contributed by atoms with Gasteiger partial charge in [0.15, 0.2) is 0 Å². The second-order valence-electron chi connectivity index (χ2n) is 17.3. The molecule has 8 rings (SSSR count). The highest BCUT2D eigenvalue weighted by Gasteiger charge is 2.37. The predicted molar refractivity (Wildman–Crippen MR) is 235 cm³/mol. The Balaban J connectivity index is 1.24. The molecule has 0 spiro atoms. The number of hydrogen-bond donors (Lipinski definition) is 0. The summed E-state index contributed by atoms with van der Waals surface area (Å²) in [6.07, 6.45) is 8.38. The first-order chi connectivity index (χ1) is 26.8. The van der Waals surface area contributed by atoms with E-state index in [9.17, 15) is 0 Å². The number of fused-ring (bicyclic) bond motifs is 2. The van der Waals surface area contributed by atoms with Gasteiger partial charge in [-0.1, -0.05) is 148 Å². The molecule has 5 aromatic carbocycles. The second-order valence-corrected chi connectivity index (χ2v) is 17.3. The molecule has 1 aliphatic rings. The van der Waals surface area contributed by atoms with Crippen LogP contribution in [-0.4, -0.2) is 19.1 Å². The Hall–Kier alpha value is -5.68. The van der Waals surface area contributed by atoms with Crippen LogP contribution in [0, 0.1) is 0 Å². The van der Waals surface area contributed by atoms with Crippen molar-refractivity contribution in [2.45, 2.75) is 98.3 Å². The van der Waals surface area contributed by atoms with Crippen LogP contribution >= 0.6 is 0 Å². The van der Waals surface area contributed by atoms with Gasteiger partial charge in [0, 0.05) is 34.6 Å². The first-order valence-corrected chi connectivity index (χ1v) is 20.3. The third kappa shape index (κ3) is 6.37. The van der Waals surface area contributed by atoms with Gasteiger partial charge < -0.3 is 14.0 Å². The molecule has 0 N–H and O–H groups in total. The quantitative estimate of drug-likeness (QED) is 0.148. The van der Waals surface area contributed by atoms with E-state index < -0.39 is 0 Å². The third-order valence-electron chi connectivity index (χ3n) is 11.8. The van der Waals surface area contributed by atoms with Crippen molar-refractivity contribution >= 4 is 17.1 Å². The standard InChI is InChI=1S/C51H55N5/c1-32(2)39-18-14-19-40(33(3)4)49(39)54-28-45(52-30-54)36-16-13-17-38(26-36)56-47-23-12-11-22-43(47)51(9,10)44-25-24-37(27-48(44)56)46-29-55(31-53-46)50-41(34(5)6)20-15-21-42(50)35(7)8/h11-35H,1-10H3. The maximum absolute atomic E-state index is 5.04. The molecule has 7 aromatic rings. The number of aromatic nitrogens is 4. The second kappa shape index (κ2) is 14.4. The number of benzene rings is 5. The van der Waals surface area contributed by atoms with Gasteiger partial charge >= 0.3 is 0 Å². The number of hydrogen-bond acceptors (Lipinski definition) is 3. The normalized spacial score (nSPS) is 13.6. The van der Waals surface area contributed by atoms with Gasteiger partial charge in [0.1, 0.15) is 0 Å². The van der Waals surface area contributed by atoms with Crippen molar-refractivity contribution in [2.75, 3.05) is 4.90 Å². The highest BCUT2D eigenvalue weighted by Crippen LogP contribution is 2.53. The van der Waals surface area contributed by atoms with Crippen molar-refractivity contribution in [3.8, 4) is 33.9 Å². The molecule has 284 valence electrons. The Kier molecular flexibility index (Phi) is 9.60. The fourth-order valence-corrected chi connectivity index (χ4v) is 8.77. The molecule has 0 bridgehead atoms. The van der Waals surface area contributed by atoms with Gasteiger partial charge in [-0.2, -0.15) is 0 Å². The van der Waals surface area contributed by atoms with Crippen molar-refractivity contribution in [2.24, 2.45) is 0 Å². The summed E-state index contributed by atoms with van der Waals surface area (Å²) in [5.74, 6) is 1.58. The molecule has 56 heavy (non-hydrogen) atoms. The topological polar surface area (TPSA) is 38.9 Å². The van der Waals surface area contributed by atoms with Crippen LogP contribution in [0.1, 0.15) is 126 Å². The van der Waals surface area contributed by atoms with Gasteiger partial charge in [-0.3, -0.25) is 0 Å². The summed E-state index contributed by atoms with van der Waals surface area (Å²) < 4.78 is 4.47. The zero-order valence-electron chi connectivity index (χ0n) is 34.7. The van der Waals surface area contributed by atoms with Gasteiger partial charge in [-0.25, -0.2) is 9.97 Å². The minimum Gasteiger partial charge on any atom is -0.310 e. The van der Waals surface area contributed by atoms with Gasteiger partial charge in [-0.05, 0) is 81.3 Å². The molecule has 5 nitrogen and oxygen atoms in total. The van der Waals surface area contributed by atoms with E-state index in [0.29, 0.717) is 23.7 Å².